The van der Waals surface area contributed by atoms with Crippen LogP contribution < -0.4 is 0 Å². The summed E-state index contributed by atoms with van der Waals surface area (Å²) in [5, 5.41) is 0.111. The van der Waals surface area contributed by atoms with Gasteiger partial charge in [-0.3, -0.25) is 0 Å². The molecule has 1 rings (SSSR count). The molecule has 0 aliphatic heterocycles. The van der Waals surface area contributed by atoms with Crippen molar-refractivity contribution in [3.63, 3.8) is 0 Å². The number of rotatable bonds is 6. The Morgan fingerprint density at radius 3 is 2.16 bits per heavy atom. The Kier molecular flexibility index (Phi) is 6.99. The molecule has 19 heavy (non-hydrogen) atoms. The van der Waals surface area contributed by atoms with Crippen LogP contribution in [0.5, 0.6) is 0 Å². The fraction of sp³-hybridized carbons (Fsp3) is 0.333. The van der Waals surface area contributed by atoms with Crippen molar-refractivity contribution in [2.45, 2.75) is 0 Å². The van der Waals surface area contributed by atoms with E-state index in [2.05, 4.69) is 0 Å². The van der Waals surface area contributed by atoms with Gasteiger partial charge in [0.15, 0.2) is 0 Å². The number of halogens is 3. The number of alkyl halides is 2. The molecule has 4 nitrogen and oxygen atoms in total. The SMILES string of the molecule is O=C(OCCCl)c1cccc(Cl)c1C(=O)OCCCl. The van der Waals surface area contributed by atoms with Crippen molar-refractivity contribution in [2.75, 3.05) is 25.0 Å². The smallest absolute Gasteiger partial charge is 0.340 e. The fourth-order valence-electron chi connectivity index (χ4n) is 1.31. The van der Waals surface area contributed by atoms with Gasteiger partial charge in [0.2, 0.25) is 0 Å². The predicted molar refractivity (Wildman–Crippen MR) is 73.5 cm³/mol. The maximum atomic E-state index is 11.8. The van der Waals surface area contributed by atoms with E-state index in [0.29, 0.717) is 0 Å². The molecule has 0 amide bonds. The first-order valence-corrected chi connectivity index (χ1v) is 6.81. The largest absolute Gasteiger partial charge is 0.461 e. The second-order valence-electron chi connectivity index (χ2n) is 3.31. The zero-order chi connectivity index (χ0) is 14.3. The van der Waals surface area contributed by atoms with Crippen LogP contribution in [0.1, 0.15) is 20.7 Å². The van der Waals surface area contributed by atoms with Gasteiger partial charge in [0.25, 0.3) is 0 Å². The summed E-state index contributed by atoms with van der Waals surface area (Å²) in [4.78, 5) is 23.6. The molecule has 0 aliphatic carbocycles. The minimum absolute atomic E-state index is 0.0295. The summed E-state index contributed by atoms with van der Waals surface area (Å²) in [5.74, 6) is -1.08. The Morgan fingerprint density at radius 1 is 1.00 bits per heavy atom. The first-order valence-electron chi connectivity index (χ1n) is 5.36. The first-order chi connectivity index (χ1) is 9.11. The second-order valence-corrected chi connectivity index (χ2v) is 4.48. The average molecular weight is 326 g/mol. The zero-order valence-corrected chi connectivity index (χ0v) is 12.1. The van der Waals surface area contributed by atoms with E-state index in [1.165, 1.54) is 18.2 Å². The molecule has 0 N–H and O–H groups in total. The zero-order valence-electron chi connectivity index (χ0n) is 9.83. The van der Waals surface area contributed by atoms with Gasteiger partial charge in [-0.1, -0.05) is 17.7 Å². The summed E-state index contributed by atoms with van der Waals surface area (Å²) in [6, 6.07) is 4.45. The number of esters is 2. The van der Waals surface area contributed by atoms with Crippen molar-refractivity contribution in [3.8, 4) is 0 Å². The lowest BCUT2D eigenvalue weighted by Gasteiger charge is -2.10. The van der Waals surface area contributed by atoms with Gasteiger partial charge in [-0.05, 0) is 12.1 Å². The number of hydrogen-bond acceptors (Lipinski definition) is 4. The molecule has 0 aromatic heterocycles. The van der Waals surface area contributed by atoms with Crippen molar-refractivity contribution >= 4 is 46.7 Å². The van der Waals surface area contributed by atoms with Crippen LogP contribution in [0, 0.1) is 0 Å². The summed E-state index contributed by atoms with van der Waals surface area (Å²) >= 11 is 16.8. The van der Waals surface area contributed by atoms with E-state index in [1.54, 1.807) is 0 Å². The summed E-state index contributed by atoms with van der Waals surface area (Å²) in [5.41, 5.74) is 0.00560. The van der Waals surface area contributed by atoms with E-state index >= 15 is 0 Å². The van der Waals surface area contributed by atoms with E-state index in [4.69, 9.17) is 44.3 Å². The number of carbonyl (C=O) groups excluding carboxylic acids is 2. The van der Waals surface area contributed by atoms with Gasteiger partial charge in [-0.2, -0.15) is 0 Å². The Labute approximate surface area is 125 Å². The van der Waals surface area contributed by atoms with Crippen molar-refractivity contribution in [2.24, 2.45) is 0 Å². The van der Waals surface area contributed by atoms with E-state index < -0.39 is 11.9 Å². The number of carbonyl (C=O) groups is 2. The Bertz CT molecular complexity index is 462. The fourth-order valence-corrected chi connectivity index (χ4v) is 1.72. The average Bonchev–Trinajstić information content (AvgIpc) is 2.41. The highest BCUT2D eigenvalue weighted by Gasteiger charge is 2.22. The van der Waals surface area contributed by atoms with Crippen molar-refractivity contribution < 1.29 is 19.1 Å². The highest BCUT2D eigenvalue weighted by atomic mass is 35.5. The number of hydrogen-bond donors (Lipinski definition) is 0. The van der Waals surface area contributed by atoms with Gasteiger partial charge in [0.1, 0.15) is 13.2 Å². The van der Waals surface area contributed by atoms with Crippen molar-refractivity contribution in [1.82, 2.24) is 0 Å². The normalized spacial score (nSPS) is 10.1. The van der Waals surface area contributed by atoms with Gasteiger partial charge in [-0.15, -0.1) is 23.2 Å². The molecule has 0 atom stereocenters. The third-order valence-corrected chi connectivity index (χ3v) is 2.68. The predicted octanol–water partition coefficient (Wildman–Crippen LogP) is 3.13. The molecule has 0 heterocycles. The van der Waals surface area contributed by atoms with E-state index in [9.17, 15) is 9.59 Å². The van der Waals surface area contributed by atoms with Crippen LogP contribution in [-0.2, 0) is 9.47 Å². The monoisotopic (exact) mass is 324 g/mol. The number of ether oxygens (including phenoxy) is 2. The lowest BCUT2D eigenvalue weighted by atomic mass is 10.1. The van der Waals surface area contributed by atoms with E-state index in [-0.39, 0.29) is 41.1 Å². The van der Waals surface area contributed by atoms with Gasteiger partial charge < -0.3 is 9.47 Å². The lowest BCUT2D eigenvalue weighted by Crippen LogP contribution is -2.16. The maximum absolute atomic E-state index is 11.8. The third-order valence-electron chi connectivity index (χ3n) is 2.06. The molecule has 1 aromatic carbocycles. The highest BCUT2D eigenvalue weighted by Crippen LogP contribution is 2.22. The van der Waals surface area contributed by atoms with Crippen molar-refractivity contribution in [1.29, 1.82) is 0 Å². The minimum Gasteiger partial charge on any atom is -0.461 e. The van der Waals surface area contributed by atoms with Crippen LogP contribution in [0.2, 0.25) is 5.02 Å². The summed E-state index contributed by atoms with van der Waals surface area (Å²) in [6.07, 6.45) is 0. The molecular formula is C12H11Cl3O4. The van der Waals surface area contributed by atoms with E-state index in [1.807, 2.05) is 0 Å². The Hall–Kier alpha value is -0.970. The first kappa shape index (κ1) is 16.1. The Morgan fingerprint density at radius 2 is 1.58 bits per heavy atom. The van der Waals surface area contributed by atoms with Gasteiger partial charge in [-0.25, -0.2) is 9.59 Å². The molecule has 0 saturated carbocycles. The second kappa shape index (κ2) is 8.25. The summed E-state index contributed by atoms with van der Waals surface area (Å²) < 4.78 is 9.73. The lowest BCUT2D eigenvalue weighted by molar-refractivity contribution is 0.0482. The molecule has 0 radical (unpaired) electrons. The molecule has 0 fully saturated rings. The molecule has 0 saturated heterocycles. The molecule has 7 heteroatoms. The summed E-state index contributed by atoms with van der Waals surface area (Å²) in [7, 11) is 0. The topological polar surface area (TPSA) is 52.6 Å². The standard InChI is InChI=1S/C12H11Cl3O4/c13-4-6-18-11(16)8-2-1-3-9(15)10(8)12(17)19-7-5-14/h1-3H,4-7H2. The molecule has 0 bridgehead atoms. The third kappa shape index (κ3) is 4.56. The minimum atomic E-state index is -0.718. The van der Waals surface area contributed by atoms with Crippen LogP contribution in [0.15, 0.2) is 18.2 Å². The number of benzene rings is 1. The molecule has 0 aliphatic rings. The van der Waals surface area contributed by atoms with Crippen LogP contribution >= 0.6 is 34.8 Å². The van der Waals surface area contributed by atoms with Gasteiger partial charge in [0.05, 0.1) is 27.9 Å². The van der Waals surface area contributed by atoms with Gasteiger partial charge >= 0.3 is 11.9 Å². The molecular weight excluding hydrogens is 314 g/mol. The quantitative estimate of drug-likeness (QED) is 0.595. The van der Waals surface area contributed by atoms with Crippen LogP contribution in [-0.4, -0.2) is 36.9 Å². The highest BCUT2D eigenvalue weighted by molar-refractivity contribution is 6.34. The van der Waals surface area contributed by atoms with Gasteiger partial charge in [0, 0.05) is 0 Å². The molecule has 0 unspecified atom stereocenters. The van der Waals surface area contributed by atoms with E-state index in [0.717, 1.165) is 0 Å². The van der Waals surface area contributed by atoms with Crippen molar-refractivity contribution in [3.05, 3.63) is 34.3 Å². The Balaban J connectivity index is 3.01. The maximum Gasteiger partial charge on any atom is 0.340 e. The molecule has 104 valence electrons. The molecule has 1 aromatic rings. The summed E-state index contributed by atoms with van der Waals surface area (Å²) in [6.45, 7) is 0.0743. The van der Waals surface area contributed by atoms with Crippen LogP contribution in [0.25, 0.3) is 0 Å². The van der Waals surface area contributed by atoms with Crippen LogP contribution in [0.4, 0.5) is 0 Å². The van der Waals surface area contributed by atoms with Crippen LogP contribution in [0.3, 0.4) is 0 Å². The molecule has 0 spiro atoms.